The molecular formula is C21H21ClN2O3. The van der Waals surface area contributed by atoms with Gasteiger partial charge in [-0.05, 0) is 48.7 Å². The molecule has 0 radical (unpaired) electrons. The lowest BCUT2D eigenvalue weighted by molar-refractivity contribution is 0.102. The van der Waals surface area contributed by atoms with Gasteiger partial charge in [0.15, 0.2) is 0 Å². The number of carbonyl (C=O) groups excluding carboxylic acids is 1. The van der Waals surface area contributed by atoms with E-state index in [1.165, 1.54) is 0 Å². The fraction of sp³-hybridized carbons (Fsp3) is 0.238. The number of nitrogens with one attached hydrogen (secondary N) is 1. The predicted octanol–water partition coefficient (Wildman–Crippen LogP) is 4.66. The topological polar surface area (TPSA) is 71.3 Å². The number of fused-ring (bicyclic) bond motifs is 1. The van der Waals surface area contributed by atoms with Gasteiger partial charge in [-0.25, -0.2) is 0 Å². The van der Waals surface area contributed by atoms with Crippen LogP contribution in [0.1, 0.15) is 30.6 Å². The van der Waals surface area contributed by atoms with E-state index in [0.29, 0.717) is 34.1 Å². The van der Waals surface area contributed by atoms with Gasteiger partial charge in [0.05, 0.1) is 5.52 Å². The van der Waals surface area contributed by atoms with Crippen molar-refractivity contribution in [2.45, 2.75) is 26.8 Å². The summed E-state index contributed by atoms with van der Waals surface area (Å²) in [5.41, 5.74) is 0.347. The number of aromatic nitrogens is 1. The molecule has 3 rings (SSSR count). The number of pyridine rings is 1. The number of nitrogens with zero attached hydrogens (tertiary/aromatic N) is 1. The molecule has 0 spiro atoms. The van der Waals surface area contributed by atoms with E-state index in [-0.39, 0.29) is 11.3 Å². The Balaban J connectivity index is 2.09. The molecule has 2 aromatic carbocycles. The van der Waals surface area contributed by atoms with Crippen molar-refractivity contribution in [2.24, 2.45) is 5.92 Å². The van der Waals surface area contributed by atoms with Crippen LogP contribution >= 0.6 is 11.6 Å². The summed E-state index contributed by atoms with van der Waals surface area (Å²) in [5.74, 6) is -0.553. The zero-order valence-electron chi connectivity index (χ0n) is 15.2. The molecule has 0 saturated heterocycles. The van der Waals surface area contributed by atoms with Crippen LogP contribution in [-0.4, -0.2) is 15.6 Å². The molecule has 0 bridgehead atoms. The third-order valence-electron chi connectivity index (χ3n) is 4.40. The van der Waals surface area contributed by atoms with Crippen molar-refractivity contribution < 1.29 is 9.90 Å². The van der Waals surface area contributed by atoms with Gasteiger partial charge in [-0.15, -0.1) is 0 Å². The molecule has 0 saturated carbocycles. The Labute approximate surface area is 162 Å². The van der Waals surface area contributed by atoms with Gasteiger partial charge in [-0.1, -0.05) is 37.6 Å². The summed E-state index contributed by atoms with van der Waals surface area (Å²) < 4.78 is 1.56. The van der Waals surface area contributed by atoms with Gasteiger partial charge in [0.2, 0.25) is 0 Å². The minimum atomic E-state index is -0.649. The number of para-hydroxylation sites is 1. The van der Waals surface area contributed by atoms with Crippen LogP contribution in [0, 0.1) is 5.92 Å². The predicted molar refractivity (Wildman–Crippen MR) is 109 cm³/mol. The third kappa shape index (κ3) is 3.98. The van der Waals surface area contributed by atoms with Crippen molar-refractivity contribution in [3.8, 4) is 5.75 Å². The molecular weight excluding hydrogens is 364 g/mol. The Morgan fingerprint density at radius 3 is 2.48 bits per heavy atom. The first-order valence-corrected chi connectivity index (χ1v) is 9.17. The monoisotopic (exact) mass is 384 g/mol. The van der Waals surface area contributed by atoms with Gasteiger partial charge in [-0.2, -0.15) is 0 Å². The van der Waals surface area contributed by atoms with Crippen LogP contribution < -0.4 is 10.9 Å². The van der Waals surface area contributed by atoms with Crippen molar-refractivity contribution in [3.63, 3.8) is 0 Å². The average molecular weight is 385 g/mol. The number of anilines is 1. The van der Waals surface area contributed by atoms with E-state index in [0.717, 1.165) is 6.42 Å². The average Bonchev–Trinajstić information content (AvgIpc) is 2.63. The first-order valence-electron chi connectivity index (χ1n) is 8.80. The molecule has 0 aliphatic heterocycles. The number of amides is 1. The second-order valence-electron chi connectivity index (χ2n) is 6.84. The van der Waals surface area contributed by atoms with Gasteiger partial charge >= 0.3 is 0 Å². The number of benzene rings is 2. The molecule has 2 N–H and O–H groups in total. The van der Waals surface area contributed by atoms with E-state index >= 15 is 0 Å². The molecule has 3 aromatic rings. The van der Waals surface area contributed by atoms with Gasteiger partial charge in [-0.3, -0.25) is 9.59 Å². The quantitative estimate of drug-likeness (QED) is 0.672. The highest BCUT2D eigenvalue weighted by Gasteiger charge is 2.22. The van der Waals surface area contributed by atoms with Crippen molar-refractivity contribution in [2.75, 3.05) is 5.32 Å². The standard InChI is InChI=1S/C21H21ClN2O3/c1-13(2)11-12-24-17-6-4-3-5-16(17)19(25)18(21(24)27)20(26)23-15-9-7-14(22)8-10-15/h3-10,13,25H,11-12H2,1-2H3,(H,23,26). The normalized spacial score (nSPS) is 11.1. The number of aromatic hydroxyl groups is 1. The lowest BCUT2D eigenvalue weighted by atomic mass is 10.1. The molecule has 0 atom stereocenters. The van der Waals surface area contributed by atoms with Crippen LogP contribution in [0.25, 0.3) is 10.9 Å². The summed E-state index contributed by atoms with van der Waals surface area (Å²) >= 11 is 5.86. The lowest BCUT2D eigenvalue weighted by Gasteiger charge is -2.16. The summed E-state index contributed by atoms with van der Waals surface area (Å²) in [6.07, 6.45) is 0.785. The second kappa shape index (κ2) is 7.84. The number of halogens is 1. The molecule has 0 fully saturated rings. The lowest BCUT2D eigenvalue weighted by Crippen LogP contribution is -2.30. The van der Waals surface area contributed by atoms with Crippen LogP contribution in [-0.2, 0) is 6.54 Å². The fourth-order valence-corrected chi connectivity index (χ4v) is 3.06. The maximum atomic E-state index is 13.0. The largest absolute Gasteiger partial charge is 0.506 e. The Kier molecular flexibility index (Phi) is 5.51. The van der Waals surface area contributed by atoms with Crippen molar-refractivity contribution >= 4 is 34.1 Å². The van der Waals surface area contributed by atoms with Crippen LogP contribution in [0.4, 0.5) is 5.69 Å². The Morgan fingerprint density at radius 2 is 1.81 bits per heavy atom. The molecule has 140 valence electrons. The summed E-state index contributed by atoms with van der Waals surface area (Å²) in [5, 5.41) is 14.3. The van der Waals surface area contributed by atoms with E-state index in [1.807, 2.05) is 0 Å². The smallest absolute Gasteiger partial charge is 0.267 e. The Morgan fingerprint density at radius 1 is 1.15 bits per heavy atom. The molecule has 0 unspecified atom stereocenters. The number of carbonyl (C=O) groups is 1. The third-order valence-corrected chi connectivity index (χ3v) is 4.66. The highest BCUT2D eigenvalue weighted by Crippen LogP contribution is 2.27. The molecule has 27 heavy (non-hydrogen) atoms. The number of aryl methyl sites for hydroxylation is 1. The summed E-state index contributed by atoms with van der Waals surface area (Å²) in [6, 6.07) is 13.6. The van der Waals surface area contributed by atoms with Crippen LogP contribution in [0.5, 0.6) is 5.75 Å². The SMILES string of the molecule is CC(C)CCn1c(=O)c(C(=O)Nc2ccc(Cl)cc2)c(O)c2ccccc21. The fourth-order valence-electron chi connectivity index (χ4n) is 2.93. The molecule has 0 aliphatic carbocycles. The van der Waals surface area contributed by atoms with E-state index < -0.39 is 11.5 Å². The highest BCUT2D eigenvalue weighted by molar-refractivity contribution is 6.30. The first-order chi connectivity index (χ1) is 12.9. The van der Waals surface area contributed by atoms with Crippen molar-refractivity contribution in [1.29, 1.82) is 0 Å². The highest BCUT2D eigenvalue weighted by atomic mass is 35.5. The van der Waals surface area contributed by atoms with E-state index in [2.05, 4.69) is 19.2 Å². The number of hydrogen-bond acceptors (Lipinski definition) is 3. The zero-order chi connectivity index (χ0) is 19.6. The minimum Gasteiger partial charge on any atom is -0.506 e. The van der Waals surface area contributed by atoms with Gasteiger partial charge in [0, 0.05) is 22.6 Å². The minimum absolute atomic E-state index is 0.257. The first kappa shape index (κ1) is 19.0. The summed E-state index contributed by atoms with van der Waals surface area (Å²) in [6.45, 7) is 4.61. The number of hydrogen-bond donors (Lipinski definition) is 2. The number of rotatable bonds is 5. The molecule has 5 nitrogen and oxygen atoms in total. The molecule has 0 aliphatic rings. The summed E-state index contributed by atoms with van der Waals surface area (Å²) in [7, 11) is 0. The zero-order valence-corrected chi connectivity index (χ0v) is 16.0. The van der Waals surface area contributed by atoms with Gasteiger partial charge in [0.25, 0.3) is 11.5 Å². The van der Waals surface area contributed by atoms with Crippen LogP contribution in [0.3, 0.4) is 0 Å². The second-order valence-corrected chi connectivity index (χ2v) is 7.28. The maximum Gasteiger partial charge on any atom is 0.267 e. The van der Waals surface area contributed by atoms with Gasteiger partial charge < -0.3 is 15.0 Å². The van der Waals surface area contributed by atoms with Gasteiger partial charge in [0.1, 0.15) is 11.3 Å². The van der Waals surface area contributed by atoms with E-state index in [4.69, 9.17) is 11.6 Å². The van der Waals surface area contributed by atoms with E-state index in [9.17, 15) is 14.7 Å². The van der Waals surface area contributed by atoms with E-state index in [1.54, 1.807) is 53.1 Å². The Bertz CT molecular complexity index is 1040. The van der Waals surface area contributed by atoms with Crippen LogP contribution in [0.2, 0.25) is 5.02 Å². The van der Waals surface area contributed by atoms with Crippen molar-refractivity contribution in [1.82, 2.24) is 4.57 Å². The maximum absolute atomic E-state index is 13.0. The Hall–Kier alpha value is -2.79. The molecule has 1 aromatic heterocycles. The van der Waals surface area contributed by atoms with Crippen molar-refractivity contribution in [3.05, 3.63) is 69.5 Å². The summed E-state index contributed by atoms with van der Waals surface area (Å²) in [4.78, 5) is 25.8. The van der Waals surface area contributed by atoms with Crippen LogP contribution in [0.15, 0.2) is 53.3 Å². The molecule has 1 amide bonds. The molecule has 1 heterocycles. The molecule has 6 heteroatoms.